The van der Waals surface area contributed by atoms with Crippen LogP contribution in [0.2, 0.25) is 0 Å². The van der Waals surface area contributed by atoms with Gasteiger partial charge in [-0.1, -0.05) is 6.92 Å². The van der Waals surface area contributed by atoms with Gasteiger partial charge >= 0.3 is 11.9 Å². The minimum absolute atomic E-state index is 0.129. The molecule has 0 fully saturated rings. The van der Waals surface area contributed by atoms with Gasteiger partial charge in [-0.2, -0.15) is 0 Å². The summed E-state index contributed by atoms with van der Waals surface area (Å²) in [5, 5.41) is 11.9. The van der Waals surface area contributed by atoms with Crippen molar-refractivity contribution in [3.8, 4) is 0 Å². The molecule has 12 nitrogen and oxygen atoms in total. The van der Waals surface area contributed by atoms with Gasteiger partial charge in [0.2, 0.25) is 11.8 Å². The van der Waals surface area contributed by atoms with Gasteiger partial charge in [0.1, 0.15) is 0 Å². The second kappa shape index (κ2) is 21.1. The monoisotopic (exact) mass is 590 g/mol. The molecule has 0 bridgehead atoms. The van der Waals surface area contributed by atoms with Crippen molar-refractivity contribution in [2.24, 2.45) is 0 Å². The van der Waals surface area contributed by atoms with Crippen LogP contribution in [0.5, 0.6) is 0 Å². The Labute approximate surface area is 249 Å². The van der Waals surface area contributed by atoms with Gasteiger partial charge in [0.25, 0.3) is 0 Å². The smallest absolute Gasteiger partial charge is 0.340 e. The molecule has 0 saturated heterocycles. The van der Waals surface area contributed by atoms with Crippen LogP contribution in [0.1, 0.15) is 83.8 Å². The number of nitrogens with one attached hydrogen (secondary N) is 6. The number of aromatic nitrogens is 2. The second-order valence-corrected chi connectivity index (χ2v) is 9.63. The fourth-order valence-electron chi connectivity index (χ4n) is 4.16. The van der Waals surface area contributed by atoms with E-state index in [-0.39, 0.29) is 30.2 Å². The zero-order valence-corrected chi connectivity index (χ0v) is 26.1. The number of H-pyrrole nitrogens is 2. The first kappa shape index (κ1) is 36.4. The molecule has 12 heteroatoms. The molecule has 2 amide bonds. The highest BCUT2D eigenvalue weighted by Crippen LogP contribution is 2.17. The van der Waals surface area contributed by atoms with Crippen LogP contribution in [0.15, 0.2) is 12.4 Å². The Balaban J connectivity index is 0.000000422. The molecule has 6 N–H and O–H groups in total. The molecule has 0 atom stereocenters. The van der Waals surface area contributed by atoms with Crippen LogP contribution < -0.4 is 21.3 Å². The molecule has 0 aromatic carbocycles. The lowest BCUT2D eigenvalue weighted by atomic mass is 10.1. The number of rotatable bonds is 18. The molecule has 0 unspecified atom stereocenters. The number of likely N-dealkylation sites (N-methyl/N-ethyl adjacent to an activating group) is 1. The Morgan fingerprint density at radius 3 is 1.76 bits per heavy atom. The van der Waals surface area contributed by atoms with E-state index in [4.69, 9.17) is 9.47 Å². The summed E-state index contributed by atoms with van der Waals surface area (Å²) >= 11 is 0. The SMILES string of the molecule is CCNCCNCCCc1[nH]cc(C)c1C(=O)OCC.CCOC(=O)c1c(C)c[nH]c1CCC(=O)NCCNC(C)=O. The van der Waals surface area contributed by atoms with Gasteiger partial charge in [-0.3, -0.25) is 9.59 Å². The van der Waals surface area contributed by atoms with E-state index in [1.165, 1.54) is 6.92 Å². The molecule has 0 aliphatic heterocycles. The molecule has 236 valence electrons. The number of aryl methyl sites for hydroxylation is 4. The zero-order chi connectivity index (χ0) is 31.3. The molecule has 0 radical (unpaired) electrons. The minimum atomic E-state index is -0.373. The maximum atomic E-state index is 11.9. The molecule has 0 spiro atoms. The summed E-state index contributed by atoms with van der Waals surface area (Å²) in [6.07, 6.45) is 6.14. The molecular weight excluding hydrogens is 540 g/mol. The van der Waals surface area contributed by atoms with Gasteiger partial charge in [-0.25, -0.2) is 9.59 Å². The summed E-state index contributed by atoms with van der Waals surface area (Å²) in [4.78, 5) is 52.4. The van der Waals surface area contributed by atoms with Gasteiger partial charge in [0.15, 0.2) is 0 Å². The lowest BCUT2D eigenvalue weighted by Crippen LogP contribution is -2.33. The molecule has 0 aliphatic carbocycles. The van der Waals surface area contributed by atoms with E-state index in [0.29, 0.717) is 49.5 Å². The van der Waals surface area contributed by atoms with Crippen LogP contribution in [0, 0.1) is 13.8 Å². The summed E-state index contributed by atoms with van der Waals surface area (Å²) in [5.74, 6) is -0.855. The van der Waals surface area contributed by atoms with Crippen molar-refractivity contribution < 1.29 is 28.7 Å². The molecule has 2 heterocycles. The van der Waals surface area contributed by atoms with E-state index in [2.05, 4.69) is 38.2 Å². The number of esters is 2. The van der Waals surface area contributed by atoms with Gasteiger partial charge in [0, 0.05) is 63.3 Å². The van der Waals surface area contributed by atoms with Crippen molar-refractivity contribution in [3.05, 3.63) is 46.0 Å². The molecule has 2 aromatic heterocycles. The Morgan fingerprint density at radius 2 is 1.24 bits per heavy atom. The first-order chi connectivity index (χ1) is 20.2. The van der Waals surface area contributed by atoms with Crippen LogP contribution in [-0.2, 0) is 31.9 Å². The van der Waals surface area contributed by atoms with Gasteiger partial charge < -0.3 is 40.7 Å². The van der Waals surface area contributed by atoms with Gasteiger partial charge in [-0.05, 0) is 71.2 Å². The Hall–Kier alpha value is -3.64. The van der Waals surface area contributed by atoms with E-state index in [1.807, 2.05) is 27.0 Å². The third-order valence-electron chi connectivity index (χ3n) is 6.21. The van der Waals surface area contributed by atoms with Crippen LogP contribution >= 0.6 is 0 Å². The highest BCUT2D eigenvalue weighted by Gasteiger charge is 2.18. The predicted molar refractivity (Wildman–Crippen MR) is 163 cm³/mol. The summed E-state index contributed by atoms with van der Waals surface area (Å²) in [7, 11) is 0. The number of carbonyl (C=O) groups excluding carboxylic acids is 4. The van der Waals surface area contributed by atoms with Crippen molar-refractivity contribution in [3.63, 3.8) is 0 Å². The van der Waals surface area contributed by atoms with Gasteiger partial charge in [-0.15, -0.1) is 0 Å². The number of ether oxygens (including phenoxy) is 2. The minimum Gasteiger partial charge on any atom is -0.462 e. The number of hydrogen-bond acceptors (Lipinski definition) is 8. The lowest BCUT2D eigenvalue weighted by Gasteiger charge is -2.07. The number of hydrogen-bond donors (Lipinski definition) is 6. The van der Waals surface area contributed by atoms with Crippen molar-refractivity contribution >= 4 is 23.8 Å². The molecule has 0 saturated carbocycles. The standard InChI is InChI=1S/C15H23N3O4.C15H27N3O2/c1-4-22-15(21)14-10(2)9-18-12(14)5-6-13(20)17-8-7-16-11(3)19;1-4-16-9-10-17-8-6-7-13-14(12(3)11-18-13)15(19)20-5-2/h9,18H,4-8H2,1-3H3,(H,16,19)(H,17,20);11,16-18H,4-10H2,1-3H3. The summed E-state index contributed by atoms with van der Waals surface area (Å²) in [6, 6.07) is 0. The fourth-order valence-corrected chi connectivity index (χ4v) is 4.16. The zero-order valence-electron chi connectivity index (χ0n) is 26.1. The molecule has 2 rings (SSSR count). The normalized spacial score (nSPS) is 10.4. The number of aromatic amines is 2. The third kappa shape index (κ3) is 13.8. The van der Waals surface area contributed by atoms with Crippen LogP contribution in [0.25, 0.3) is 0 Å². The Kier molecular flexibility index (Phi) is 18.3. The van der Waals surface area contributed by atoms with E-state index in [0.717, 1.165) is 55.8 Å². The molecular formula is C30H50N6O6. The largest absolute Gasteiger partial charge is 0.462 e. The van der Waals surface area contributed by atoms with Crippen LogP contribution in [0.4, 0.5) is 0 Å². The summed E-state index contributed by atoms with van der Waals surface area (Å²) in [6.45, 7) is 16.3. The van der Waals surface area contributed by atoms with Crippen molar-refractivity contribution in [2.45, 2.75) is 67.2 Å². The first-order valence-electron chi connectivity index (χ1n) is 14.8. The van der Waals surface area contributed by atoms with Crippen molar-refractivity contribution in [1.29, 1.82) is 0 Å². The van der Waals surface area contributed by atoms with Crippen molar-refractivity contribution in [2.75, 3.05) is 52.5 Å². The highest BCUT2D eigenvalue weighted by atomic mass is 16.5. The van der Waals surface area contributed by atoms with E-state index in [9.17, 15) is 19.2 Å². The quantitative estimate of drug-likeness (QED) is 0.114. The second-order valence-electron chi connectivity index (χ2n) is 9.63. The maximum absolute atomic E-state index is 11.9. The average molecular weight is 591 g/mol. The predicted octanol–water partition coefficient (Wildman–Crippen LogP) is 2.32. The molecule has 42 heavy (non-hydrogen) atoms. The molecule has 0 aliphatic rings. The Morgan fingerprint density at radius 1 is 0.714 bits per heavy atom. The summed E-state index contributed by atoms with van der Waals surface area (Å²) in [5.41, 5.74) is 4.66. The highest BCUT2D eigenvalue weighted by molar-refractivity contribution is 5.93. The van der Waals surface area contributed by atoms with Crippen molar-refractivity contribution in [1.82, 2.24) is 31.2 Å². The average Bonchev–Trinajstić information content (AvgIpc) is 3.51. The number of amides is 2. The fraction of sp³-hybridized carbons (Fsp3) is 0.600. The third-order valence-corrected chi connectivity index (χ3v) is 6.21. The van der Waals surface area contributed by atoms with Crippen LogP contribution in [-0.4, -0.2) is 86.2 Å². The van der Waals surface area contributed by atoms with E-state index in [1.54, 1.807) is 13.1 Å². The van der Waals surface area contributed by atoms with Crippen LogP contribution in [0.3, 0.4) is 0 Å². The van der Waals surface area contributed by atoms with E-state index < -0.39 is 0 Å². The van der Waals surface area contributed by atoms with E-state index >= 15 is 0 Å². The topological polar surface area (TPSA) is 166 Å². The lowest BCUT2D eigenvalue weighted by molar-refractivity contribution is -0.122. The Bertz CT molecular complexity index is 1110. The summed E-state index contributed by atoms with van der Waals surface area (Å²) < 4.78 is 10.1. The first-order valence-corrected chi connectivity index (χ1v) is 14.8. The van der Waals surface area contributed by atoms with Gasteiger partial charge in [0.05, 0.1) is 24.3 Å². The maximum Gasteiger partial charge on any atom is 0.340 e. The molecule has 2 aromatic rings. The number of carbonyl (C=O) groups is 4.